The molecule has 1 N–H and O–H groups in total. The van der Waals surface area contributed by atoms with Gasteiger partial charge in [-0.05, 0) is 48.2 Å². The molecule has 1 aliphatic rings. The van der Waals surface area contributed by atoms with Crippen molar-refractivity contribution in [2.24, 2.45) is 0 Å². The molecule has 2 atom stereocenters. The number of rotatable bonds is 8. The molecule has 1 aliphatic heterocycles. The number of aromatic nitrogens is 2. The van der Waals surface area contributed by atoms with E-state index in [-0.39, 0.29) is 12.1 Å². The molecule has 1 saturated heterocycles. The summed E-state index contributed by atoms with van der Waals surface area (Å²) < 4.78 is 14.3. The largest absolute Gasteiger partial charge is 0.383 e. The Hall–Kier alpha value is -0.430. The molecule has 0 aromatic carbocycles. The van der Waals surface area contributed by atoms with Crippen molar-refractivity contribution in [1.29, 1.82) is 0 Å². The van der Waals surface area contributed by atoms with Gasteiger partial charge in [0, 0.05) is 13.7 Å². The lowest BCUT2D eigenvalue weighted by atomic mass is 9.99. The Bertz CT molecular complexity index is 419. The van der Waals surface area contributed by atoms with Crippen molar-refractivity contribution in [3.05, 3.63) is 16.4 Å². The number of hydrogen-bond acceptors (Lipinski definition) is 4. The van der Waals surface area contributed by atoms with Crippen LogP contribution >= 0.6 is 15.9 Å². The van der Waals surface area contributed by atoms with Crippen LogP contribution in [-0.4, -0.2) is 42.8 Å². The van der Waals surface area contributed by atoms with Gasteiger partial charge in [-0.2, -0.15) is 5.10 Å². The van der Waals surface area contributed by atoms with Gasteiger partial charge in [0.1, 0.15) is 0 Å². The quantitative estimate of drug-likeness (QED) is 0.775. The van der Waals surface area contributed by atoms with Gasteiger partial charge in [0.2, 0.25) is 0 Å². The fourth-order valence-electron chi connectivity index (χ4n) is 2.77. The molecule has 2 rings (SSSR count). The van der Waals surface area contributed by atoms with Gasteiger partial charge in [-0.1, -0.05) is 6.92 Å². The van der Waals surface area contributed by atoms with Gasteiger partial charge in [0.05, 0.1) is 41.7 Å². The van der Waals surface area contributed by atoms with E-state index in [9.17, 15) is 0 Å². The zero-order valence-electron chi connectivity index (χ0n) is 13.0. The first-order chi connectivity index (χ1) is 10.3. The van der Waals surface area contributed by atoms with Gasteiger partial charge in [-0.15, -0.1) is 0 Å². The topological polar surface area (TPSA) is 48.3 Å². The maximum absolute atomic E-state index is 6.02. The van der Waals surface area contributed by atoms with Crippen LogP contribution in [0.15, 0.2) is 10.7 Å². The molecule has 0 radical (unpaired) electrons. The maximum Gasteiger partial charge on any atom is 0.0785 e. The third kappa shape index (κ3) is 4.52. The van der Waals surface area contributed by atoms with Crippen LogP contribution in [0, 0.1) is 0 Å². The van der Waals surface area contributed by atoms with Gasteiger partial charge < -0.3 is 14.8 Å². The lowest BCUT2D eigenvalue weighted by Gasteiger charge is -2.32. The molecule has 2 unspecified atom stereocenters. The third-order valence-electron chi connectivity index (χ3n) is 3.84. The SMILES string of the molecule is CCCNC(c1c(Br)cnn1CCOC)C1CCCCO1. The molecular weight excluding hydrogens is 334 g/mol. The van der Waals surface area contributed by atoms with Gasteiger partial charge in [0.15, 0.2) is 0 Å². The third-order valence-corrected chi connectivity index (χ3v) is 4.45. The second-order valence-electron chi connectivity index (χ2n) is 5.43. The number of nitrogens with zero attached hydrogens (tertiary/aromatic N) is 2. The summed E-state index contributed by atoms with van der Waals surface area (Å²) >= 11 is 3.65. The Morgan fingerprint density at radius 3 is 3.10 bits per heavy atom. The molecule has 1 aromatic heterocycles. The fraction of sp³-hybridized carbons (Fsp3) is 0.800. The highest BCUT2D eigenvalue weighted by Crippen LogP contribution is 2.31. The summed E-state index contributed by atoms with van der Waals surface area (Å²) in [7, 11) is 1.72. The van der Waals surface area contributed by atoms with E-state index in [1.54, 1.807) is 7.11 Å². The van der Waals surface area contributed by atoms with Crippen LogP contribution in [0.2, 0.25) is 0 Å². The number of ether oxygens (including phenoxy) is 2. The fourth-order valence-corrected chi connectivity index (χ4v) is 3.31. The summed E-state index contributed by atoms with van der Waals surface area (Å²) in [6, 6.07) is 0.180. The van der Waals surface area contributed by atoms with E-state index in [0.29, 0.717) is 6.61 Å². The Labute approximate surface area is 135 Å². The lowest BCUT2D eigenvalue weighted by Crippen LogP contribution is -2.38. The van der Waals surface area contributed by atoms with Crippen LogP contribution in [0.3, 0.4) is 0 Å². The summed E-state index contributed by atoms with van der Waals surface area (Å²) in [4.78, 5) is 0. The highest BCUT2D eigenvalue weighted by Gasteiger charge is 2.30. The summed E-state index contributed by atoms with van der Waals surface area (Å²) in [6.45, 7) is 5.44. The normalized spacial score (nSPS) is 20.6. The van der Waals surface area contributed by atoms with E-state index in [0.717, 1.165) is 37.0 Å². The van der Waals surface area contributed by atoms with E-state index in [1.165, 1.54) is 18.5 Å². The van der Waals surface area contributed by atoms with Crippen molar-refractivity contribution in [3.63, 3.8) is 0 Å². The number of hydrogen-bond donors (Lipinski definition) is 1. The molecule has 0 amide bonds. The first-order valence-electron chi connectivity index (χ1n) is 7.83. The molecule has 5 nitrogen and oxygen atoms in total. The highest BCUT2D eigenvalue weighted by molar-refractivity contribution is 9.10. The minimum absolute atomic E-state index is 0.180. The minimum atomic E-state index is 0.180. The minimum Gasteiger partial charge on any atom is -0.383 e. The molecule has 120 valence electrons. The van der Waals surface area contributed by atoms with Gasteiger partial charge in [-0.25, -0.2) is 0 Å². The molecule has 1 aromatic rings. The van der Waals surface area contributed by atoms with Crippen molar-refractivity contribution in [2.45, 2.75) is 51.3 Å². The van der Waals surface area contributed by atoms with Crippen LogP contribution in [-0.2, 0) is 16.0 Å². The predicted molar refractivity (Wildman–Crippen MR) is 86.4 cm³/mol. The van der Waals surface area contributed by atoms with Crippen molar-refractivity contribution in [1.82, 2.24) is 15.1 Å². The zero-order chi connectivity index (χ0) is 15.1. The monoisotopic (exact) mass is 359 g/mol. The van der Waals surface area contributed by atoms with Crippen molar-refractivity contribution in [2.75, 3.05) is 26.9 Å². The summed E-state index contributed by atoms with van der Waals surface area (Å²) in [5, 5.41) is 8.11. The zero-order valence-corrected chi connectivity index (χ0v) is 14.6. The van der Waals surface area contributed by atoms with Crippen LogP contribution in [0.4, 0.5) is 0 Å². The van der Waals surface area contributed by atoms with Crippen molar-refractivity contribution < 1.29 is 9.47 Å². The Balaban J connectivity index is 2.19. The molecule has 0 bridgehead atoms. The molecular formula is C15H26BrN3O2. The number of nitrogens with one attached hydrogen (secondary N) is 1. The predicted octanol–water partition coefficient (Wildman–Crippen LogP) is 2.90. The van der Waals surface area contributed by atoms with Crippen molar-refractivity contribution in [3.8, 4) is 0 Å². The van der Waals surface area contributed by atoms with Gasteiger partial charge >= 0.3 is 0 Å². The first kappa shape index (κ1) is 16.9. The highest BCUT2D eigenvalue weighted by atomic mass is 79.9. The lowest BCUT2D eigenvalue weighted by molar-refractivity contribution is -0.0103. The van der Waals surface area contributed by atoms with Crippen LogP contribution in [0.25, 0.3) is 0 Å². The Morgan fingerprint density at radius 1 is 1.57 bits per heavy atom. The van der Waals surface area contributed by atoms with Crippen LogP contribution in [0.5, 0.6) is 0 Å². The van der Waals surface area contributed by atoms with Crippen LogP contribution < -0.4 is 5.32 Å². The van der Waals surface area contributed by atoms with E-state index >= 15 is 0 Å². The van der Waals surface area contributed by atoms with E-state index in [2.05, 4.69) is 33.3 Å². The summed E-state index contributed by atoms with van der Waals surface area (Å²) in [6.07, 6.45) is 6.70. The molecule has 1 fully saturated rings. The Morgan fingerprint density at radius 2 is 2.43 bits per heavy atom. The second kappa shape index (κ2) is 8.88. The van der Waals surface area contributed by atoms with E-state index in [4.69, 9.17) is 9.47 Å². The second-order valence-corrected chi connectivity index (χ2v) is 6.28. The molecule has 0 aliphatic carbocycles. The average molecular weight is 360 g/mol. The summed E-state index contributed by atoms with van der Waals surface area (Å²) in [5.41, 5.74) is 1.17. The van der Waals surface area contributed by atoms with Crippen LogP contribution in [0.1, 0.15) is 44.3 Å². The standard InChI is InChI=1S/C15H26BrN3O2/c1-3-7-17-14(13-6-4-5-9-21-13)15-12(16)11-18-19(15)8-10-20-2/h11,13-14,17H,3-10H2,1-2H3. The first-order valence-corrected chi connectivity index (χ1v) is 8.62. The average Bonchev–Trinajstić information content (AvgIpc) is 2.88. The van der Waals surface area contributed by atoms with Crippen molar-refractivity contribution >= 4 is 15.9 Å². The molecule has 6 heteroatoms. The smallest absolute Gasteiger partial charge is 0.0785 e. The maximum atomic E-state index is 6.02. The van der Waals surface area contributed by atoms with E-state index in [1.807, 2.05) is 10.9 Å². The molecule has 21 heavy (non-hydrogen) atoms. The molecule has 2 heterocycles. The Kier molecular flexibility index (Phi) is 7.16. The summed E-state index contributed by atoms with van der Waals surface area (Å²) in [5.74, 6) is 0. The van der Waals surface area contributed by atoms with Gasteiger partial charge in [-0.3, -0.25) is 4.68 Å². The van der Waals surface area contributed by atoms with E-state index < -0.39 is 0 Å². The number of halogens is 1. The van der Waals surface area contributed by atoms with Gasteiger partial charge in [0.25, 0.3) is 0 Å². The number of methoxy groups -OCH3 is 1. The molecule has 0 spiro atoms. The molecule has 0 saturated carbocycles.